The van der Waals surface area contributed by atoms with Gasteiger partial charge in [-0.3, -0.25) is 9.59 Å². The van der Waals surface area contributed by atoms with E-state index >= 15 is 0 Å². The van der Waals surface area contributed by atoms with Gasteiger partial charge in [-0.2, -0.15) is 0 Å². The van der Waals surface area contributed by atoms with Crippen LogP contribution in [0.5, 0.6) is 0 Å². The van der Waals surface area contributed by atoms with Gasteiger partial charge < -0.3 is 10.2 Å². The molecule has 0 saturated carbocycles. The predicted molar refractivity (Wildman–Crippen MR) is 94.6 cm³/mol. The molecule has 0 aliphatic carbocycles. The van der Waals surface area contributed by atoms with Gasteiger partial charge >= 0.3 is 0 Å². The van der Waals surface area contributed by atoms with Gasteiger partial charge in [0.2, 0.25) is 11.8 Å². The van der Waals surface area contributed by atoms with E-state index in [-0.39, 0.29) is 30.2 Å². The summed E-state index contributed by atoms with van der Waals surface area (Å²) in [5.74, 6) is -0.351. The van der Waals surface area contributed by atoms with Gasteiger partial charge in [0, 0.05) is 18.7 Å². The number of amides is 2. The first-order valence-electron chi connectivity index (χ1n) is 8.27. The summed E-state index contributed by atoms with van der Waals surface area (Å²) >= 11 is 0. The van der Waals surface area contributed by atoms with E-state index in [1.807, 2.05) is 68.4 Å². The number of carbonyl (C=O) groups is 2. The molecule has 4 heteroatoms. The van der Waals surface area contributed by atoms with Crippen LogP contribution in [0.15, 0.2) is 54.6 Å². The largest absolute Gasteiger partial charge is 0.349 e. The van der Waals surface area contributed by atoms with E-state index in [0.717, 1.165) is 16.8 Å². The van der Waals surface area contributed by atoms with Gasteiger partial charge in [-0.15, -0.1) is 0 Å². The highest BCUT2D eigenvalue weighted by molar-refractivity contribution is 6.00. The number of anilines is 1. The Morgan fingerprint density at radius 1 is 1.12 bits per heavy atom. The molecule has 2 amide bonds. The fourth-order valence-corrected chi connectivity index (χ4v) is 3.14. The fourth-order valence-electron chi connectivity index (χ4n) is 3.14. The highest BCUT2D eigenvalue weighted by Gasteiger charge is 2.35. The average molecular weight is 322 g/mol. The standard InChI is InChI=1S/C20H22N2O2/c1-14-8-6-7-11-18(14)22-13-17(12-19(22)23)20(24)21-15(2)16-9-4-3-5-10-16/h3-11,15,17H,12-13H2,1-2H3,(H,21,24). The van der Waals surface area contributed by atoms with Crippen LogP contribution in [-0.2, 0) is 9.59 Å². The first-order valence-corrected chi connectivity index (χ1v) is 8.27. The van der Waals surface area contributed by atoms with E-state index in [1.54, 1.807) is 4.90 Å². The Bertz CT molecular complexity index is 742. The van der Waals surface area contributed by atoms with Gasteiger partial charge in [-0.05, 0) is 31.0 Å². The third-order valence-corrected chi connectivity index (χ3v) is 4.56. The van der Waals surface area contributed by atoms with Gasteiger partial charge in [0.1, 0.15) is 0 Å². The normalized spacial score (nSPS) is 18.5. The molecule has 124 valence electrons. The molecule has 0 aromatic heterocycles. The zero-order chi connectivity index (χ0) is 17.1. The topological polar surface area (TPSA) is 49.4 Å². The number of para-hydroxylation sites is 1. The Morgan fingerprint density at radius 2 is 1.79 bits per heavy atom. The maximum absolute atomic E-state index is 12.5. The SMILES string of the molecule is Cc1ccccc1N1CC(C(=O)NC(C)c2ccccc2)CC1=O. The molecule has 2 aromatic rings. The average Bonchev–Trinajstić information content (AvgIpc) is 2.98. The lowest BCUT2D eigenvalue weighted by Crippen LogP contribution is -2.34. The molecule has 24 heavy (non-hydrogen) atoms. The molecule has 2 atom stereocenters. The highest BCUT2D eigenvalue weighted by Crippen LogP contribution is 2.28. The summed E-state index contributed by atoms with van der Waals surface area (Å²) in [6.07, 6.45) is 0.266. The summed E-state index contributed by atoms with van der Waals surface area (Å²) in [5.41, 5.74) is 3.00. The minimum Gasteiger partial charge on any atom is -0.349 e. The number of benzene rings is 2. The van der Waals surface area contributed by atoms with Gasteiger partial charge in [0.15, 0.2) is 0 Å². The van der Waals surface area contributed by atoms with Crippen LogP contribution in [0.2, 0.25) is 0 Å². The highest BCUT2D eigenvalue weighted by atomic mass is 16.2. The molecule has 0 bridgehead atoms. The first-order chi connectivity index (χ1) is 11.6. The predicted octanol–water partition coefficient (Wildman–Crippen LogP) is 3.23. The van der Waals surface area contributed by atoms with Crippen molar-refractivity contribution in [1.29, 1.82) is 0 Å². The van der Waals surface area contributed by atoms with Crippen LogP contribution >= 0.6 is 0 Å². The van der Waals surface area contributed by atoms with Crippen LogP contribution in [0.4, 0.5) is 5.69 Å². The molecule has 0 radical (unpaired) electrons. The molecular weight excluding hydrogens is 300 g/mol. The quantitative estimate of drug-likeness (QED) is 0.939. The Morgan fingerprint density at radius 3 is 2.50 bits per heavy atom. The van der Waals surface area contributed by atoms with Crippen LogP contribution in [0.3, 0.4) is 0 Å². The fraction of sp³-hybridized carbons (Fsp3) is 0.300. The van der Waals surface area contributed by atoms with Gasteiger partial charge in [0.05, 0.1) is 12.0 Å². The number of nitrogens with one attached hydrogen (secondary N) is 1. The van der Waals surface area contributed by atoms with Crippen molar-refractivity contribution in [3.63, 3.8) is 0 Å². The van der Waals surface area contributed by atoms with Gasteiger partial charge in [-0.1, -0.05) is 48.5 Å². The second kappa shape index (κ2) is 6.87. The van der Waals surface area contributed by atoms with Crippen LogP contribution in [0.25, 0.3) is 0 Å². The maximum Gasteiger partial charge on any atom is 0.227 e. The zero-order valence-corrected chi connectivity index (χ0v) is 14.0. The molecule has 2 unspecified atom stereocenters. The summed E-state index contributed by atoms with van der Waals surface area (Å²) in [6, 6.07) is 17.6. The van der Waals surface area contributed by atoms with E-state index in [1.165, 1.54) is 0 Å². The summed E-state index contributed by atoms with van der Waals surface area (Å²) < 4.78 is 0. The lowest BCUT2D eigenvalue weighted by atomic mass is 10.1. The minimum atomic E-state index is -0.303. The Labute approximate surface area is 142 Å². The van der Waals surface area contributed by atoms with Crippen LogP contribution in [-0.4, -0.2) is 18.4 Å². The summed E-state index contributed by atoms with van der Waals surface area (Å²) in [6.45, 7) is 4.38. The second-order valence-electron chi connectivity index (χ2n) is 6.33. The third-order valence-electron chi connectivity index (χ3n) is 4.56. The van der Waals surface area contributed by atoms with E-state index in [4.69, 9.17) is 0 Å². The molecule has 1 heterocycles. The van der Waals surface area contributed by atoms with Gasteiger partial charge in [0.25, 0.3) is 0 Å². The van der Waals surface area contributed by atoms with Crippen molar-refractivity contribution < 1.29 is 9.59 Å². The Balaban J connectivity index is 1.67. The smallest absolute Gasteiger partial charge is 0.227 e. The third kappa shape index (κ3) is 3.32. The molecule has 1 saturated heterocycles. The van der Waals surface area contributed by atoms with Crippen molar-refractivity contribution in [3.05, 3.63) is 65.7 Å². The number of aryl methyl sites for hydroxylation is 1. The molecule has 1 fully saturated rings. The monoisotopic (exact) mass is 322 g/mol. The number of rotatable bonds is 4. The molecule has 2 aromatic carbocycles. The lowest BCUT2D eigenvalue weighted by molar-refractivity contribution is -0.126. The summed E-state index contributed by atoms with van der Waals surface area (Å²) in [7, 11) is 0. The van der Waals surface area contributed by atoms with Gasteiger partial charge in [-0.25, -0.2) is 0 Å². The van der Waals surface area contributed by atoms with Crippen molar-refractivity contribution in [2.75, 3.05) is 11.4 Å². The van der Waals surface area contributed by atoms with Crippen LogP contribution in [0.1, 0.15) is 30.5 Å². The zero-order valence-electron chi connectivity index (χ0n) is 14.0. The molecular formula is C20H22N2O2. The van der Waals surface area contributed by atoms with E-state index < -0.39 is 0 Å². The van der Waals surface area contributed by atoms with Crippen molar-refractivity contribution >= 4 is 17.5 Å². The van der Waals surface area contributed by atoms with Crippen LogP contribution < -0.4 is 10.2 Å². The molecule has 4 nitrogen and oxygen atoms in total. The number of hydrogen-bond acceptors (Lipinski definition) is 2. The molecule has 1 aliphatic heterocycles. The Kier molecular flexibility index (Phi) is 4.65. The second-order valence-corrected chi connectivity index (χ2v) is 6.33. The molecule has 1 aliphatic rings. The Hall–Kier alpha value is -2.62. The lowest BCUT2D eigenvalue weighted by Gasteiger charge is -2.20. The summed E-state index contributed by atoms with van der Waals surface area (Å²) in [4.78, 5) is 26.6. The maximum atomic E-state index is 12.5. The van der Waals surface area contributed by atoms with Crippen molar-refractivity contribution in [1.82, 2.24) is 5.32 Å². The van der Waals surface area contributed by atoms with E-state index in [2.05, 4.69) is 5.32 Å². The van der Waals surface area contributed by atoms with E-state index in [0.29, 0.717) is 6.54 Å². The number of hydrogen-bond donors (Lipinski definition) is 1. The van der Waals surface area contributed by atoms with Crippen molar-refractivity contribution in [3.8, 4) is 0 Å². The first kappa shape index (κ1) is 16.2. The molecule has 1 N–H and O–H groups in total. The van der Waals surface area contributed by atoms with Crippen molar-refractivity contribution in [2.45, 2.75) is 26.3 Å². The number of nitrogens with zero attached hydrogens (tertiary/aromatic N) is 1. The minimum absolute atomic E-state index is 0.0109. The van der Waals surface area contributed by atoms with E-state index in [9.17, 15) is 9.59 Å². The van der Waals surface area contributed by atoms with Crippen molar-refractivity contribution in [2.24, 2.45) is 5.92 Å². The summed E-state index contributed by atoms with van der Waals surface area (Å²) in [5, 5.41) is 3.03. The number of carbonyl (C=O) groups excluding carboxylic acids is 2. The van der Waals surface area contributed by atoms with Crippen LogP contribution in [0, 0.1) is 12.8 Å². The molecule has 0 spiro atoms. The molecule has 3 rings (SSSR count).